The van der Waals surface area contributed by atoms with Crippen molar-refractivity contribution >= 4 is 5.82 Å². The van der Waals surface area contributed by atoms with E-state index < -0.39 is 0 Å². The lowest BCUT2D eigenvalue weighted by atomic mass is 9.95. The lowest BCUT2D eigenvalue weighted by Crippen LogP contribution is -2.56. The van der Waals surface area contributed by atoms with Gasteiger partial charge < -0.3 is 15.0 Å². The summed E-state index contributed by atoms with van der Waals surface area (Å²) in [6, 6.07) is 0. The summed E-state index contributed by atoms with van der Waals surface area (Å²) < 4.78 is 7.46. The van der Waals surface area contributed by atoms with Gasteiger partial charge in [0, 0.05) is 58.4 Å². The number of morpholine rings is 1. The Balaban J connectivity index is 2.00. The molecule has 0 aliphatic carbocycles. The summed E-state index contributed by atoms with van der Waals surface area (Å²) in [5, 5.41) is 8.24. The van der Waals surface area contributed by atoms with E-state index in [1.165, 1.54) is 11.4 Å². The number of aromatic nitrogens is 2. The Morgan fingerprint density at radius 2 is 1.96 bits per heavy atom. The van der Waals surface area contributed by atoms with Crippen molar-refractivity contribution < 1.29 is 4.74 Å². The number of nitrogens with one attached hydrogen (secondary N) is 1. The van der Waals surface area contributed by atoms with E-state index >= 15 is 0 Å². The smallest absolute Gasteiger partial charge is 0.130 e. The average Bonchev–Trinajstić information content (AvgIpc) is 2.82. The van der Waals surface area contributed by atoms with Gasteiger partial charge in [0.15, 0.2) is 0 Å². The van der Waals surface area contributed by atoms with E-state index in [9.17, 15) is 0 Å². The SMILES string of the molecule is CCC(C)(CNCc1c(C)nn(C)c1N(C)C)N1CCOCC1. The maximum atomic E-state index is 5.50. The van der Waals surface area contributed by atoms with E-state index in [1.54, 1.807) is 0 Å². The van der Waals surface area contributed by atoms with Crippen molar-refractivity contribution in [2.45, 2.75) is 39.3 Å². The molecule has 6 heteroatoms. The molecule has 2 heterocycles. The van der Waals surface area contributed by atoms with Gasteiger partial charge in [-0.1, -0.05) is 6.92 Å². The molecule has 0 aromatic carbocycles. The molecule has 1 atom stereocenters. The van der Waals surface area contributed by atoms with Gasteiger partial charge in [0.2, 0.25) is 0 Å². The quantitative estimate of drug-likeness (QED) is 0.821. The van der Waals surface area contributed by atoms with Crippen LogP contribution in [0.5, 0.6) is 0 Å². The van der Waals surface area contributed by atoms with Crippen molar-refractivity contribution in [3.05, 3.63) is 11.3 Å². The Morgan fingerprint density at radius 3 is 2.52 bits per heavy atom. The van der Waals surface area contributed by atoms with Crippen LogP contribution in [0.15, 0.2) is 0 Å². The van der Waals surface area contributed by atoms with Gasteiger partial charge in [-0.05, 0) is 20.3 Å². The molecule has 0 bridgehead atoms. The molecular weight excluding hydrogens is 290 g/mol. The predicted octanol–water partition coefficient (Wildman–Crippen LogP) is 1.39. The molecule has 1 N–H and O–H groups in total. The third kappa shape index (κ3) is 4.05. The normalized spacial score (nSPS) is 18.9. The summed E-state index contributed by atoms with van der Waals surface area (Å²) in [5.74, 6) is 1.18. The molecular formula is C17H33N5O. The minimum absolute atomic E-state index is 0.179. The van der Waals surface area contributed by atoms with Crippen molar-refractivity contribution in [1.82, 2.24) is 20.0 Å². The van der Waals surface area contributed by atoms with Gasteiger partial charge in [0.25, 0.3) is 0 Å². The van der Waals surface area contributed by atoms with Crippen molar-refractivity contribution in [3.63, 3.8) is 0 Å². The number of ether oxygens (including phenoxy) is 1. The van der Waals surface area contributed by atoms with Crippen LogP contribution in [0.1, 0.15) is 31.5 Å². The number of rotatable bonds is 7. The van der Waals surface area contributed by atoms with Crippen molar-refractivity contribution in [2.75, 3.05) is 51.8 Å². The molecule has 1 saturated heterocycles. The van der Waals surface area contributed by atoms with Gasteiger partial charge in [-0.15, -0.1) is 0 Å². The zero-order valence-corrected chi connectivity index (χ0v) is 15.6. The molecule has 0 amide bonds. The molecule has 1 fully saturated rings. The minimum Gasteiger partial charge on any atom is -0.379 e. The van der Waals surface area contributed by atoms with Gasteiger partial charge in [0.1, 0.15) is 5.82 Å². The van der Waals surface area contributed by atoms with E-state index in [1.807, 2.05) is 11.7 Å². The van der Waals surface area contributed by atoms with Gasteiger partial charge in [-0.25, -0.2) is 0 Å². The highest BCUT2D eigenvalue weighted by molar-refractivity contribution is 5.48. The number of aryl methyl sites for hydroxylation is 2. The molecule has 1 aromatic heterocycles. The maximum absolute atomic E-state index is 5.50. The third-order valence-electron chi connectivity index (χ3n) is 5.08. The van der Waals surface area contributed by atoms with Crippen LogP contribution in [0, 0.1) is 6.92 Å². The second-order valence-corrected chi connectivity index (χ2v) is 6.96. The fourth-order valence-electron chi connectivity index (χ4n) is 3.48. The van der Waals surface area contributed by atoms with Crippen molar-refractivity contribution in [2.24, 2.45) is 7.05 Å². The van der Waals surface area contributed by atoms with Crippen molar-refractivity contribution in [1.29, 1.82) is 0 Å². The Kier molecular flexibility index (Phi) is 6.06. The molecule has 1 aliphatic heterocycles. The molecule has 2 rings (SSSR count). The Morgan fingerprint density at radius 1 is 1.30 bits per heavy atom. The summed E-state index contributed by atoms with van der Waals surface area (Å²) in [5.41, 5.74) is 2.57. The van der Waals surface area contributed by atoms with Crippen molar-refractivity contribution in [3.8, 4) is 0 Å². The summed E-state index contributed by atoms with van der Waals surface area (Å²) in [6.45, 7) is 12.3. The number of hydrogen-bond donors (Lipinski definition) is 1. The molecule has 1 unspecified atom stereocenters. The second-order valence-electron chi connectivity index (χ2n) is 6.96. The summed E-state index contributed by atoms with van der Waals surface area (Å²) in [7, 11) is 6.16. The van der Waals surface area contributed by atoms with Crippen LogP contribution in [0.25, 0.3) is 0 Å². The van der Waals surface area contributed by atoms with E-state index in [4.69, 9.17) is 4.74 Å². The topological polar surface area (TPSA) is 45.6 Å². The fraction of sp³-hybridized carbons (Fsp3) is 0.824. The van der Waals surface area contributed by atoms with E-state index in [0.717, 1.165) is 51.5 Å². The molecule has 0 saturated carbocycles. The maximum Gasteiger partial charge on any atom is 0.130 e. The Bertz CT molecular complexity index is 507. The number of anilines is 1. The zero-order chi connectivity index (χ0) is 17.0. The largest absolute Gasteiger partial charge is 0.379 e. The molecule has 1 aromatic rings. The minimum atomic E-state index is 0.179. The van der Waals surface area contributed by atoms with Gasteiger partial charge in [-0.3, -0.25) is 9.58 Å². The monoisotopic (exact) mass is 323 g/mol. The molecule has 1 aliphatic rings. The lowest BCUT2D eigenvalue weighted by molar-refractivity contribution is -0.0175. The van der Waals surface area contributed by atoms with Crippen LogP contribution in [0.3, 0.4) is 0 Å². The van der Waals surface area contributed by atoms with Crippen LogP contribution in [0.4, 0.5) is 5.82 Å². The predicted molar refractivity (Wildman–Crippen MR) is 95.1 cm³/mol. The molecule has 0 radical (unpaired) electrons. The first-order valence-electron chi connectivity index (χ1n) is 8.62. The number of hydrogen-bond acceptors (Lipinski definition) is 5. The third-order valence-corrected chi connectivity index (χ3v) is 5.08. The summed E-state index contributed by atoms with van der Waals surface area (Å²) in [4.78, 5) is 4.70. The fourth-order valence-corrected chi connectivity index (χ4v) is 3.48. The van der Waals surface area contributed by atoms with E-state index in [2.05, 4.69) is 55.1 Å². The zero-order valence-electron chi connectivity index (χ0n) is 15.6. The first-order valence-corrected chi connectivity index (χ1v) is 8.62. The Hall–Kier alpha value is -1.11. The standard InChI is InChI=1S/C17H33N5O/c1-7-17(3,22-8-10-23-11-9-22)13-18-12-15-14(2)19-21(6)16(15)20(4)5/h18H,7-13H2,1-6H3. The molecule has 23 heavy (non-hydrogen) atoms. The number of nitrogens with zero attached hydrogens (tertiary/aromatic N) is 4. The molecule has 132 valence electrons. The highest BCUT2D eigenvalue weighted by Crippen LogP contribution is 2.23. The van der Waals surface area contributed by atoms with Gasteiger partial charge >= 0.3 is 0 Å². The molecule has 6 nitrogen and oxygen atoms in total. The summed E-state index contributed by atoms with van der Waals surface area (Å²) >= 11 is 0. The van der Waals surface area contributed by atoms with Gasteiger partial charge in [0.05, 0.1) is 18.9 Å². The van der Waals surface area contributed by atoms with Crippen LogP contribution < -0.4 is 10.2 Å². The van der Waals surface area contributed by atoms with Crippen LogP contribution in [0.2, 0.25) is 0 Å². The average molecular weight is 323 g/mol. The highest BCUT2D eigenvalue weighted by atomic mass is 16.5. The lowest BCUT2D eigenvalue weighted by Gasteiger charge is -2.43. The van der Waals surface area contributed by atoms with Crippen LogP contribution >= 0.6 is 0 Å². The van der Waals surface area contributed by atoms with Crippen LogP contribution in [-0.2, 0) is 18.3 Å². The van der Waals surface area contributed by atoms with Gasteiger partial charge in [-0.2, -0.15) is 5.10 Å². The summed E-state index contributed by atoms with van der Waals surface area (Å²) in [6.07, 6.45) is 1.13. The van der Waals surface area contributed by atoms with Crippen LogP contribution in [-0.4, -0.2) is 67.2 Å². The highest BCUT2D eigenvalue weighted by Gasteiger charge is 2.31. The van der Waals surface area contributed by atoms with E-state index in [0.29, 0.717) is 0 Å². The molecule has 0 spiro atoms. The first-order chi connectivity index (χ1) is 10.9. The Labute approximate surface area is 140 Å². The van der Waals surface area contributed by atoms with E-state index in [-0.39, 0.29) is 5.54 Å². The first kappa shape index (κ1) is 18.2. The second kappa shape index (κ2) is 7.64.